The maximum Gasteiger partial charge on any atom is 0.321 e. The van der Waals surface area contributed by atoms with Crippen LogP contribution in [-0.4, -0.2) is 5.97 Å². The second kappa shape index (κ2) is 3.29. The molecule has 0 atom stereocenters. The van der Waals surface area contributed by atoms with E-state index in [1.54, 1.807) is 23.0 Å². The zero-order valence-electron chi connectivity index (χ0n) is 7.69. The Morgan fingerprint density at radius 3 is 1.64 bits per heavy atom. The second-order valence-corrected chi connectivity index (χ2v) is 4.68. The molecule has 0 spiro atoms. The van der Waals surface area contributed by atoms with Gasteiger partial charge in [0.25, 0.3) is 0 Å². The summed E-state index contributed by atoms with van der Waals surface area (Å²) < 4.78 is 4.67. The van der Waals surface area contributed by atoms with Gasteiger partial charge >= 0.3 is 5.97 Å². The smallest absolute Gasteiger partial charge is 0.321 e. The highest BCUT2D eigenvalue weighted by Gasteiger charge is 2.40. The van der Waals surface area contributed by atoms with Crippen molar-refractivity contribution in [3.63, 3.8) is 0 Å². The van der Waals surface area contributed by atoms with Crippen LogP contribution in [0.5, 0.6) is 0 Å². The van der Waals surface area contributed by atoms with E-state index in [9.17, 15) is 4.79 Å². The average Bonchev–Trinajstić information content (AvgIpc) is 1.83. The van der Waals surface area contributed by atoms with Crippen molar-refractivity contribution in [1.29, 1.82) is 0 Å². The molecule has 0 saturated heterocycles. The molecule has 0 aromatic rings. The van der Waals surface area contributed by atoms with E-state index in [1.165, 1.54) is 0 Å². The van der Waals surface area contributed by atoms with Crippen LogP contribution in [-0.2, 0) is 7.86 Å². The van der Waals surface area contributed by atoms with E-state index in [1.807, 2.05) is 34.6 Å². The van der Waals surface area contributed by atoms with Gasteiger partial charge in [0.1, 0.15) is 0 Å². The van der Waals surface area contributed by atoms with Gasteiger partial charge in [0.15, 0.2) is 23.0 Å². The fourth-order valence-electron chi connectivity index (χ4n) is 0.403. The first kappa shape index (κ1) is 11.2. The molecule has 0 amide bonds. The molecule has 3 heteroatoms. The Morgan fingerprint density at radius 1 is 1.18 bits per heavy atom. The molecule has 0 aliphatic carbocycles. The lowest BCUT2D eigenvalue weighted by Crippen LogP contribution is -2.37. The summed E-state index contributed by atoms with van der Waals surface area (Å²) in [4.78, 5) is 11.3. The molecule has 0 rings (SSSR count). The fraction of sp³-hybridized carbons (Fsp3) is 0.875. The van der Waals surface area contributed by atoms with Gasteiger partial charge in [0.2, 0.25) is 0 Å². The largest absolute Gasteiger partial charge is 0.394 e. The number of hydrogen-bond donors (Lipinski definition) is 0. The number of halogens is 1. The molecule has 0 radical (unpaired) electrons. The van der Waals surface area contributed by atoms with Crippen molar-refractivity contribution in [1.82, 2.24) is 0 Å². The number of carbonyl (C=O) groups is 1. The molecule has 66 valence electrons. The summed E-state index contributed by atoms with van der Waals surface area (Å²) in [7, 11) is 0. The minimum Gasteiger partial charge on any atom is -0.394 e. The van der Waals surface area contributed by atoms with Crippen LogP contribution in [0, 0.1) is 10.8 Å². The molecule has 11 heavy (non-hydrogen) atoms. The van der Waals surface area contributed by atoms with Crippen molar-refractivity contribution >= 4 is 29.0 Å². The number of carbonyl (C=O) groups excluding carboxylic acids is 1. The van der Waals surface area contributed by atoms with Gasteiger partial charge in [-0.2, -0.15) is 0 Å². The van der Waals surface area contributed by atoms with E-state index >= 15 is 0 Å². The van der Waals surface area contributed by atoms with Gasteiger partial charge in [0, 0.05) is 0 Å². The van der Waals surface area contributed by atoms with E-state index in [-0.39, 0.29) is 11.4 Å². The van der Waals surface area contributed by atoms with Crippen molar-refractivity contribution in [3.05, 3.63) is 0 Å². The highest BCUT2D eigenvalue weighted by atomic mass is 127. The van der Waals surface area contributed by atoms with E-state index in [0.717, 1.165) is 0 Å². The maximum atomic E-state index is 11.3. The lowest BCUT2D eigenvalue weighted by Gasteiger charge is -2.35. The summed E-state index contributed by atoms with van der Waals surface area (Å²) in [6.45, 7) is 9.88. The summed E-state index contributed by atoms with van der Waals surface area (Å²) in [5.74, 6) is -0.161. The topological polar surface area (TPSA) is 26.3 Å². The third-order valence-corrected chi connectivity index (χ3v) is 2.86. The molecule has 0 saturated carbocycles. The molecule has 0 unspecified atom stereocenters. The standard InChI is InChI=1S/C8H15IO2/c1-7(2,3)8(4,5)6(10)11-9/h1-5H3. The molecular formula is C8H15IO2. The predicted molar refractivity (Wildman–Crippen MR) is 53.3 cm³/mol. The lowest BCUT2D eigenvalue weighted by molar-refractivity contribution is -0.146. The van der Waals surface area contributed by atoms with E-state index < -0.39 is 5.41 Å². The van der Waals surface area contributed by atoms with Crippen LogP contribution in [0.2, 0.25) is 0 Å². The quantitative estimate of drug-likeness (QED) is 0.685. The number of hydrogen-bond acceptors (Lipinski definition) is 2. The maximum absolute atomic E-state index is 11.3. The summed E-state index contributed by atoms with van der Waals surface area (Å²) >= 11 is 1.63. The van der Waals surface area contributed by atoms with Gasteiger partial charge in [-0.3, -0.25) is 4.79 Å². The molecule has 0 aromatic heterocycles. The van der Waals surface area contributed by atoms with Gasteiger partial charge in [-0.25, -0.2) is 0 Å². The predicted octanol–water partition coefficient (Wildman–Crippen LogP) is 2.95. The van der Waals surface area contributed by atoms with Crippen molar-refractivity contribution < 1.29 is 7.86 Å². The Balaban J connectivity index is 4.59. The molecule has 0 heterocycles. The third-order valence-electron chi connectivity index (χ3n) is 2.46. The fourth-order valence-corrected chi connectivity index (χ4v) is 0.953. The van der Waals surface area contributed by atoms with E-state index in [2.05, 4.69) is 3.07 Å². The third kappa shape index (κ3) is 2.32. The molecule has 0 bridgehead atoms. The molecule has 2 nitrogen and oxygen atoms in total. The molecule has 0 N–H and O–H groups in total. The first-order valence-electron chi connectivity index (χ1n) is 3.56. The van der Waals surface area contributed by atoms with Crippen molar-refractivity contribution in [2.24, 2.45) is 10.8 Å². The molecular weight excluding hydrogens is 255 g/mol. The average molecular weight is 270 g/mol. The summed E-state index contributed by atoms with van der Waals surface area (Å²) in [5.41, 5.74) is -0.483. The molecule has 0 aromatic carbocycles. The van der Waals surface area contributed by atoms with Crippen LogP contribution in [0.25, 0.3) is 0 Å². The van der Waals surface area contributed by atoms with Crippen molar-refractivity contribution in [2.75, 3.05) is 0 Å². The van der Waals surface area contributed by atoms with Crippen LogP contribution in [0.3, 0.4) is 0 Å². The SMILES string of the molecule is CC(C)(C)C(C)(C)C(=O)OI. The molecule has 0 aliphatic heterocycles. The zero-order valence-corrected chi connectivity index (χ0v) is 9.85. The summed E-state index contributed by atoms with van der Waals surface area (Å²) in [6, 6.07) is 0. The zero-order chi connectivity index (χ0) is 9.28. The first-order valence-corrected chi connectivity index (χ1v) is 4.44. The monoisotopic (exact) mass is 270 g/mol. The van der Waals surface area contributed by atoms with Crippen LogP contribution in [0.15, 0.2) is 0 Å². The van der Waals surface area contributed by atoms with E-state index in [4.69, 9.17) is 0 Å². The first-order chi connectivity index (χ1) is 4.73. The highest BCUT2D eigenvalue weighted by Crippen LogP contribution is 2.39. The van der Waals surface area contributed by atoms with Gasteiger partial charge in [-0.1, -0.05) is 20.8 Å². The van der Waals surface area contributed by atoms with Gasteiger partial charge in [-0.15, -0.1) is 0 Å². The summed E-state index contributed by atoms with van der Waals surface area (Å²) in [5, 5.41) is 0. The highest BCUT2D eigenvalue weighted by molar-refractivity contribution is 14.1. The Bertz CT molecular complexity index is 156. The number of rotatable bonds is 1. The molecule has 0 fully saturated rings. The summed E-state index contributed by atoms with van der Waals surface area (Å²) in [6.07, 6.45) is 0. The Hall–Kier alpha value is 0.200. The minimum absolute atomic E-state index is 0.0603. The molecule has 0 aliphatic rings. The second-order valence-electron chi connectivity index (χ2n) is 4.24. The van der Waals surface area contributed by atoms with Gasteiger partial charge in [-0.05, 0) is 19.3 Å². The van der Waals surface area contributed by atoms with Gasteiger partial charge < -0.3 is 3.07 Å². The Kier molecular flexibility index (Phi) is 3.35. The van der Waals surface area contributed by atoms with Gasteiger partial charge in [0.05, 0.1) is 5.41 Å². The van der Waals surface area contributed by atoms with Crippen LogP contribution >= 0.6 is 23.0 Å². The van der Waals surface area contributed by atoms with Crippen LogP contribution in [0.1, 0.15) is 34.6 Å². The normalized spacial score (nSPS) is 12.9. The van der Waals surface area contributed by atoms with Crippen molar-refractivity contribution in [3.8, 4) is 0 Å². The van der Waals surface area contributed by atoms with E-state index in [0.29, 0.717) is 0 Å². The van der Waals surface area contributed by atoms with Crippen LogP contribution < -0.4 is 0 Å². The minimum atomic E-state index is -0.422. The van der Waals surface area contributed by atoms with Crippen molar-refractivity contribution in [2.45, 2.75) is 34.6 Å². The lowest BCUT2D eigenvalue weighted by atomic mass is 9.69. The Labute approximate surface area is 82.4 Å². The van der Waals surface area contributed by atoms with Crippen LogP contribution in [0.4, 0.5) is 0 Å². The Morgan fingerprint density at radius 2 is 1.55 bits per heavy atom.